The van der Waals surface area contributed by atoms with Crippen LogP contribution in [0.15, 0.2) is 78.6 Å². The Balaban J connectivity index is 0.000000338. The molecule has 14 heteroatoms. The summed E-state index contributed by atoms with van der Waals surface area (Å²) in [6.07, 6.45) is 7.32. The van der Waals surface area contributed by atoms with E-state index < -0.39 is 0 Å². The van der Waals surface area contributed by atoms with E-state index in [0.717, 1.165) is 35.5 Å². The van der Waals surface area contributed by atoms with E-state index in [-0.39, 0.29) is 11.4 Å². The maximum absolute atomic E-state index is 6.10. The van der Waals surface area contributed by atoms with E-state index in [2.05, 4.69) is 49.8 Å². The number of anilines is 1. The molecule has 0 radical (unpaired) electrons. The molecule has 2 aromatic carbocycles. The first kappa shape index (κ1) is 41.4. The van der Waals surface area contributed by atoms with Crippen molar-refractivity contribution >= 4 is 17.9 Å². The van der Waals surface area contributed by atoms with Gasteiger partial charge in [-0.25, -0.2) is 15.0 Å². The Morgan fingerprint density at radius 1 is 0.815 bits per heavy atom. The second kappa shape index (κ2) is 20.8. The Hall–Kier alpha value is -5.34. The summed E-state index contributed by atoms with van der Waals surface area (Å²) in [5, 5.41) is 9.03. The molecule has 0 saturated carbocycles. The van der Waals surface area contributed by atoms with E-state index >= 15 is 0 Å². The molecule has 0 amide bonds. The summed E-state index contributed by atoms with van der Waals surface area (Å²) < 4.78 is 38.3. The van der Waals surface area contributed by atoms with Crippen LogP contribution in [0.4, 0.5) is 5.95 Å². The molecule has 1 aliphatic heterocycles. The molecule has 3 aromatic heterocycles. The van der Waals surface area contributed by atoms with Crippen LogP contribution in [0.1, 0.15) is 56.7 Å². The van der Waals surface area contributed by atoms with Crippen molar-refractivity contribution in [1.29, 1.82) is 0 Å². The second-order valence-electron chi connectivity index (χ2n) is 12.2. The molecule has 0 aliphatic carbocycles. The fraction of sp³-hybridized carbons (Fsp3) is 0.375. The summed E-state index contributed by atoms with van der Waals surface area (Å²) in [6.45, 7) is 10.8. The summed E-state index contributed by atoms with van der Waals surface area (Å²) in [5.41, 5.74) is 4.64. The first-order valence-corrected chi connectivity index (χ1v) is 18.3. The van der Waals surface area contributed by atoms with Crippen molar-refractivity contribution < 1.29 is 28.4 Å². The van der Waals surface area contributed by atoms with Gasteiger partial charge in [0.15, 0.2) is 11.6 Å². The molecule has 288 valence electrons. The highest BCUT2D eigenvalue weighted by Gasteiger charge is 2.32. The summed E-state index contributed by atoms with van der Waals surface area (Å²) >= 11 is 1.50. The SMILES string of the molecule is CC=C(C)C.COc1cccc(-c2nnc(NSC3CCCOC3c3ncc(C)cn3)n2-c2c(OC)cccc2OC)n1.COc1cccc(OC)c1C. The average molecular weight is 758 g/mol. The van der Waals surface area contributed by atoms with Crippen molar-refractivity contribution in [1.82, 2.24) is 29.7 Å². The Labute approximate surface area is 322 Å². The second-order valence-corrected chi connectivity index (χ2v) is 13.3. The average Bonchev–Trinajstić information content (AvgIpc) is 3.64. The van der Waals surface area contributed by atoms with Gasteiger partial charge in [-0.1, -0.05) is 29.8 Å². The molecule has 0 bridgehead atoms. The molecule has 4 heterocycles. The predicted octanol–water partition coefficient (Wildman–Crippen LogP) is 8.42. The minimum Gasteiger partial charge on any atom is -0.496 e. The zero-order valence-corrected chi connectivity index (χ0v) is 33.6. The molecule has 54 heavy (non-hydrogen) atoms. The monoisotopic (exact) mass is 757 g/mol. The lowest BCUT2D eigenvalue weighted by atomic mass is 10.1. The standard InChI is InChI=1S/C26H29N7O4S.C9H12O2.C5H10/c1-16-14-27-24(28-15-16)23-20(11-7-13-37-23)38-32-26-31-30-25(17-8-5-12-21(29-17)36-4)33(26)22-18(34-2)9-6-10-19(22)35-3;1-7-8(10-2)5-4-6-9(7)11-3;1-4-5(2)3/h5-6,8-10,12,14-15,20,23H,7,11,13H2,1-4H3,(H,31,32);4-6H,1-3H3;4H,1-3H3. The highest BCUT2D eigenvalue weighted by Crippen LogP contribution is 2.40. The lowest BCUT2D eigenvalue weighted by Crippen LogP contribution is -2.27. The van der Waals surface area contributed by atoms with E-state index in [1.165, 1.54) is 17.5 Å². The topological polar surface area (TPSA) is 137 Å². The number of hydrogen-bond donors (Lipinski definition) is 1. The summed E-state index contributed by atoms with van der Waals surface area (Å²) in [6, 6.07) is 16.8. The van der Waals surface area contributed by atoms with Crippen LogP contribution in [-0.4, -0.2) is 77.1 Å². The number of benzene rings is 2. The van der Waals surface area contributed by atoms with Crippen molar-refractivity contribution in [3.63, 3.8) is 0 Å². The number of ether oxygens (including phenoxy) is 6. The molecule has 0 spiro atoms. The van der Waals surface area contributed by atoms with Crippen molar-refractivity contribution in [2.24, 2.45) is 0 Å². The van der Waals surface area contributed by atoms with Crippen LogP contribution >= 0.6 is 11.9 Å². The van der Waals surface area contributed by atoms with Gasteiger partial charge in [-0.2, -0.15) is 0 Å². The fourth-order valence-corrected chi connectivity index (χ4v) is 6.26. The first-order chi connectivity index (χ1) is 26.2. The molecule has 1 saturated heterocycles. The first-order valence-electron chi connectivity index (χ1n) is 17.5. The summed E-state index contributed by atoms with van der Waals surface area (Å²) in [4.78, 5) is 13.6. The highest BCUT2D eigenvalue weighted by molar-refractivity contribution is 8.01. The van der Waals surface area contributed by atoms with Crippen molar-refractivity contribution in [3.8, 4) is 46.1 Å². The van der Waals surface area contributed by atoms with Gasteiger partial charge in [0.2, 0.25) is 11.8 Å². The van der Waals surface area contributed by atoms with E-state index in [0.29, 0.717) is 53.0 Å². The highest BCUT2D eigenvalue weighted by atomic mass is 32.2. The normalized spacial score (nSPS) is 14.6. The molecular weight excluding hydrogens is 707 g/mol. The van der Waals surface area contributed by atoms with Crippen LogP contribution in [0.5, 0.6) is 28.9 Å². The number of rotatable bonds is 11. The third kappa shape index (κ3) is 10.6. The minimum atomic E-state index is -0.251. The number of aryl methyl sites for hydroxylation is 1. The lowest BCUT2D eigenvalue weighted by Gasteiger charge is -2.30. The molecule has 2 unspecified atom stereocenters. The smallest absolute Gasteiger partial charge is 0.239 e. The largest absolute Gasteiger partial charge is 0.496 e. The van der Waals surface area contributed by atoms with Crippen molar-refractivity contribution in [3.05, 3.63) is 95.6 Å². The van der Waals surface area contributed by atoms with Gasteiger partial charge >= 0.3 is 0 Å². The number of pyridine rings is 1. The van der Waals surface area contributed by atoms with E-state index in [1.54, 1.807) is 41.6 Å². The molecular formula is C40H51N7O6S. The van der Waals surface area contributed by atoms with Crippen LogP contribution in [0, 0.1) is 13.8 Å². The number of methoxy groups -OCH3 is 5. The Kier molecular flexibility index (Phi) is 15.9. The number of allylic oxidation sites excluding steroid dienone is 2. The van der Waals surface area contributed by atoms with E-state index in [4.69, 9.17) is 28.4 Å². The van der Waals surface area contributed by atoms with Crippen molar-refractivity contribution in [2.45, 2.75) is 58.8 Å². The molecule has 6 rings (SSSR count). The van der Waals surface area contributed by atoms with Gasteiger partial charge in [0.1, 0.15) is 40.5 Å². The number of nitrogens with one attached hydrogen (secondary N) is 1. The van der Waals surface area contributed by atoms with Gasteiger partial charge in [-0.3, -0.25) is 9.29 Å². The Morgan fingerprint density at radius 3 is 1.94 bits per heavy atom. The zero-order valence-electron chi connectivity index (χ0n) is 32.7. The zero-order chi connectivity index (χ0) is 39.0. The molecule has 1 N–H and O–H groups in total. The van der Waals surface area contributed by atoms with Crippen molar-refractivity contribution in [2.75, 3.05) is 46.9 Å². The summed E-state index contributed by atoms with van der Waals surface area (Å²) in [7, 11) is 8.10. The molecule has 1 fully saturated rings. The molecule has 13 nitrogen and oxygen atoms in total. The summed E-state index contributed by atoms with van der Waals surface area (Å²) in [5.74, 6) is 5.02. The quantitative estimate of drug-likeness (QED) is 0.102. The lowest BCUT2D eigenvalue weighted by molar-refractivity contribution is 0.0147. The van der Waals surface area contributed by atoms with Gasteiger partial charge in [0.25, 0.3) is 0 Å². The molecule has 5 aromatic rings. The number of hydrogen-bond acceptors (Lipinski definition) is 13. The van der Waals surface area contributed by atoms with Crippen LogP contribution in [0.3, 0.4) is 0 Å². The van der Waals surface area contributed by atoms with Crippen LogP contribution in [0.25, 0.3) is 17.2 Å². The van der Waals surface area contributed by atoms with Gasteiger partial charge in [-0.15, -0.1) is 10.2 Å². The van der Waals surface area contributed by atoms with Gasteiger partial charge in [0, 0.05) is 30.6 Å². The van der Waals surface area contributed by atoms with Crippen LogP contribution < -0.4 is 28.4 Å². The van der Waals surface area contributed by atoms with Gasteiger partial charge in [-0.05, 0) is 95.3 Å². The Bertz CT molecular complexity index is 1910. The molecule has 1 aliphatic rings. The maximum atomic E-state index is 6.10. The van der Waals surface area contributed by atoms with Crippen LogP contribution in [0.2, 0.25) is 0 Å². The van der Waals surface area contributed by atoms with Gasteiger partial charge in [0.05, 0.1) is 40.8 Å². The molecule has 2 atom stereocenters. The van der Waals surface area contributed by atoms with E-state index in [1.807, 2.05) is 86.3 Å². The van der Waals surface area contributed by atoms with Crippen LogP contribution in [-0.2, 0) is 4.74 Å². The number of aromatic nitrogens is 6. The fourth-order valence-electron chi connectivity index (χ4n) is 5.26. The third-order valence-electron chi connectivity index (χ3n) is 8.33. The minimum absolute atomic E-state index is 0.0505. The van der Waals surface area contributed by atoms with E-state index in [9.17, 15) is 0 Å². The number of nitrogens with zero attached hydrogens (tertiary/aromatic N) is 6. The van der Waals surface area contributed by atoms with Gasteiger partial charge < -0.3 is 28.4 Å². The predicted molar refractivity (Wildman–Crippen MR) is 213 cm³/mol. The third-order valence-corrected chi connectivity index (χ3v) is 9.41. The number of para-hydroxylation sites is 1. The maximum Gasteiger partial charge on any atom is 0.239 e. The Morgan fingerprint density at radius 2 is 1.39 bits per heavy atom.